The lowest BCUT2D eigenvalue weighted by Crippen LogP contribution is -2.03. The Morgan fingerprint density at radius 1 is 1.12 bits per heavy atom. The van der Waals surface area contributed by atoms with E-state index in [9.17, 15) is 13.2 Å². The Labute approximate surface area is 90.4 Å². The highest BCUT2D eigenvalue weighted by atomic mass is 19.4. The zero-order chi connectivity index (χ0) is 11.6. The predicted octanol–water partition coefficient (Wildman–Crippen LogP) is 2.95. The first-order chi connectivity index (χ1) is 7.55. The predicted molar refractivity (Wildman–Crippen MR) is 52.8 cm³/mol. The number of nitrogens with zero attached hydrogens (tertiary/aromatic N) is 2. The van der Waals surface area contributed by atoms with Gasteiger partial charge in [0.25, 0.3) is 0 Å². The molecule has 0 fully saturated rings. The molecule has 0 saturated heterocycles. The van der Waals surface area contributed by atoms with Crippen LogP contribution in [0.3, 0.4) is 0 Å². The fraction of sp³-hybridized carbons (Fsp3) is 0.182. The molecule has 0 atom stereocenters. The summed E-state index contributed by atoms with van der Waals surface area (Å²) in [6.07, 6.45) is 1.47. The van der Waals surface area contributed by atoms with Gasteiger partial charge in [-0.3, -0.25) is 4.98 Å². The molecule has 0 amide bonds. The van der Waals surface area contributed by atoms with Gasteiger partial charge in [0.05, 0.1) is 5.56 Å². The minimum Gasteiger partial charge on any atom is -0.349 e. The van der Waals surface area contributed by atoms with Crippen LogP contribution >= 0.6 is 0 Å². The van der Waals surface area contributed by atoms with Gasteiger partial charge in [0, 0.05) is 31.3 Å². The molecule has 0 radical (unpaired) electrons. The zero-order valence-electron chi connectivity index (χ0n) is 8.28. The van der Waals surface area contributed by atoms with Crippen LogP contribution in [0.2, 0.25) is 0 Å². The molecule has 5 heteroatoms. The second-order valence-corrected chi connectivity index (χ2v) is 3.43. The van der Waals surface area contributed by atoms with E-state index in [1.165, 1.54) is 10.8 Å². The number of rotatable bonds is 2. The molecule has 84 valence electrons. The van der Waals surface area contributed by atoms with Crippen molar-refractivity contribution in [3.63, 3.8) is 0 Å². The summed E-state index contributed by atoms with van der Waals surface area (Å²) in [4.78, 5) is 3.84. The Kier molecular flexibility index (Phi) is 2.68. The fourth-order valence-corrected chi connectivity index (χ4v) is 1.41. The molecule has 0 saturated carbocycles. The molecule has 2 nitrogen and oxygen atoms in total. The summed E-state index contributed by atoms with van der Waals surface area (Å²) in [6.45, 7) is 0.415. The summed E-state index contributed by atoms with van der Waals surface area (Å²) < 4.78 is 38.4. The van der Waals surface area contributed by atoms with Gasteiger partial charge in [-0.1, -0.05) is 0 Å². The van der Waals surface area contributed by atoms with Gasteiger partial charge < -0.3 is 4.57 Å². The molecular formula is C11H9F3N2. The smallest absolute Gasteiger partial charge is 0.349 e. The highest BCUT2D eigenvalue weighted by Gasteiger charge is 2.31. The minimum absolute atomic E-state index is 0.415. The molecule has 2 aromatic heterocycles. The molecule has 2 aromatic rings. The summed E-state index contributed by atoms with van der Waals surface area (Å²) in [5, 5.41) is 0. The van der Waals surface area contributed by atoms with Gasteiger partial charge in [0.2, 0.25) is 0 Å². The number of hydrogen-bond donors (Lipinski definition) is 0. The van der Waals surface area contributed by atoms with Crippen LogP contribution in [0.1, 0.15) is 11.1 Å². The molecule has 16 heavy (non-hydrogen) atoms. The maximum Gasteiger partial charge on any atom is 0.417 e. The third-order valence-electron chi connectivity index (χ3n) is 2.19. The Morgan fingerprint density at radius 2 is 1.81 bits per heavy atom. The van der Waals surface area contributed by atoms with Crippen molar-refractivity contribution < 1.29 is 13.2 Å². The number of pyridine rings is 1. The van der Waals surface area contributed by atoms with Crippen LogP contribution in [0.5, 0.6) is 0 Å². The second kappa shape index (κ2) is 4.00. The van der Waals surface area contributed by atoms with Crippen molar-refractivity contribution in [3.05, 3.63) is 54.1 Å². The fourth-order valence-electron chi connectivity index (χ4n) is 1.41. The first-order valence-corrected chi connectivity index (χ1v) is 4.67. The number of halogens is 3. The molecule has 0 bridgehead atoms. The van der Waals surface area contributed by atoms with Gasteiger partial charge in [-0.2, -0.15) is 13.2 Å². The Balaban J connectivity index is 2.15. The quantitative estimate of drug-likeness (QED) is 0.769. The molecule has 2 heterocycles. The summed E-state index contributed by atoms with van der Waals surface area (Å²) in [7, 11) is 0. The van der Waals surface area contributed by atoms with Crippen molar-refractivity contribution in [3.8, 4) is 0 Å². The first-order valence-electron chi connectivity index (χ1n) is 4.67. The van der Waals surface area contributed by atoms with E-state index >= 15 is 0 Å². The normalized spacial score (nSPS) is 11.7. The van der Waals surface area contributed by atoms with Gasteiger partial charge in [-0.25, -0.2) is 0 Å². The molecule has 0 aliphatic heterocycles. The topological polar surface area (TPSA) is 17.8 Å². The lowest BCUT2D eigenvalue weighted by atomic mass is 10.3. The van der Waals surface area contributed by atoms with E-state index in [2.05, 4.69) is 4.98 Å². The lowest BCUT2D eigenvalue weighted by molar-refractivity contribution is -0.137. The van der Waals surface area contributed by atoms with Crippen LogP contribution in [-0.2, 0) is 12.7 Å². The Bertz CT molecular complexity index is 460. The van der Waals surface area contributed by atoms with Crippen molar-refractivity contribution in [2.24, 2.45) is 0 Å². The SMILES string of the molecule is FC(F)(F)c1ccn(Cc2ccncc2)c1. The van der Waals surface area contributed by atoms with Crippen LogP contribution in [0.25, 0.3) is 0 Å². The van der Waals surface area contributed by atoms with Crippen LogP contribution in [0, 0.1) is 0 Å². The summed E-state index contributed by atoms with van der Waals surface area (Å²) in [5.41, 5.74) is 0.292. The van der Waals surface area contributed by atoms with Gasteiger partial charge in [0.15, 0.2) is 0 Å². The van der Waals surface area contributed by atoms with Gasteiger partial charge in [-0.05, 0) is 23.8 Å². The van der Waals surface area contributed by atoms with Crippen molar-refractivity contribution >= 4 is 0 Å². The number of hydrogen-bond acceptors (Lipinski definition) is 1. The van der Waals surface area contributed by atoms with Gasteiger partial charge in [-0.15, -0.1) is 0 Å². The largest absolute Gasteiger partial charge is 0.417 e. The third-order valence-corrected chi connectivity index (χ3v) is 2.19. The third kappa shape index (κ3) is 2.42. The van der Waals surface area contributed by atoms with E-state index in [1.54, 1.807) is 24.5 Å². The van der Waals surface area contributed by atoms with E-state index in [0.29, 0.717) is 6.54 Å². The highest BCUT2D eigenvalue weighted by Crippen LogP contribution is 2.29. The van der Waals surface area contributed by atoms with Crippen molar-refractivity contribution in [2.75, 3.05) is 0 Å². The zero-order valence-corrected chi connectivity index (χ0v) is 8.28. The van der Waals surface area contributed by atoms with E-state index in [4.69, 9.17) is 0 Å². The molecule has 2 rings (SSSR count). The molecule has 0 N–H and O–H groups in total. The average Bonchev–Trinajstić information content (AvgIpc) is 2.67. The maximum absolute atomic E-state index is 12.3. The van der Waals surface area contributed by atoms with E-state index in [-0.39, 0.29) is 0 Å². The van der Waals surface area contributed by atoms with Crippen LogP contribution in [0.4, 0.5) is 13.2 Å². The standard InChI is InChI=1S/C11H9F3N2/c12-11(13,14)10-3-6-16(8-10)7-9-1-4-15-5-2-9/h1-6,8H,7H2. The number of aromatic nitrogens is 2. The average molecular weight is 226 g/mol. The summed E-state index contributed by atoms with van der Waals surface area (Å²) >= 11 is 0. The Hall–Kier alpha value is -1.78. The van der Waals surface area contributed by atoms with Crippen LogP contribution in [0.15, 0.2) is 43.0 Å². The van der Waals surface area contributed by atoms with Crippen molar-refractivity contribution in [2.45, 2.75) is 12.7 Å². The van der Waals surface area contributed by atoms with Crippen LogP contribution < -0.4 is 0 Å². The maximum atomic E-state index is 12.3. The van der Waals surface area contributed by atoms with Crippen LogP contribution in [-0.4, -0.2) is 9.55 Å². The molecule has 0 aromatic carbocycles. The van der Waals surface area contributed by atoms with Gasteiger partial charge >= 0.3 is 6.18 Å². The van der Waals surface area contributed by atoms with E-state index in [0.717, 1.165) is 17.8 Å². The summed E-state index contributed by atoms with van der Waals surface area (Å²) in [6, 6.07) is 4.61. The second-order valence-electron chi connectivity index (χ2n) is 3.43. The Morgan fingerprint density at radius 3 is 2.38 bits per heavy atom. The summed E-state index contributed by atoms with van der Waals surface area (Å²) in [5.74, 6) is 0. The monoisotopic (exact) mass is 226 g/mol. The van der Waals surface area contributed by atoms with Crippen molar-refractivity contribution in [1.82, 2.24) is 9.55 Å². The van der Waals surface area contributed by atoms with Crippen molar-refractivity contribution in [1.29, 1.82) is 0 Å². The van der Waals surface area contributed by atoms with E-state index < -0.39 is 11.7 Å². The molecule has 0 aliphatic carbocycles. The molecule has 0 spiro atoms. The number of alkyl halides is 3. The highest BCUT2D eigenvalue weighted by molar-refractivity contribution is 5.17. The first kappa shape index (κ1) is 10.7. The van der Waals surface area contributed by atoms with E-state index in [1.807, 2.05) is 0 Å². The lowest BCUT2D eigenvalue weighted by Gasteiger charge is -2.04. The minimum atomic E-state index is -4.27. The molecule has 0 unspecified atom stereocenters. The van der Waals surface area contributed by atoms with Gasteiger partial charge in [0.1, 0.15) is 0 Å². The molecular weight excluding hydrogens is 217 g/mol. The molecule has 0 aliphatic rings.